The molecule has 0 bridgehead atoms. The van der Waals surface area contributed by atoms with E-state index in [0.717, 1.165) is 61.1 Å². The molecule has 3 aliphatic carbocycles. The molecule has 12 rings (SSSR count). The largest absolute Gasteiger partial charge is 0.388 e. The van der Waals surface area contributed by atoms with Gasteiger partial charge in [0, 0.05) is 110 Å². The number of rotatable bonds is 0. The summed E-state index contributed by atoms with van der Waals surface area (Å²) in [5, 5.41) is 3.72. The monoisotopic (exact) mass is 1100 g/mol. The Morgan fingerprint density at radius 2 is 0.575 bits per heavy atom. The zero-order valence-corrected chi connectivity index (χ0v) is 46.0. The fourth-order valence-corrected chi connectivity index (χ4v) is 8.05. The predicted octanol–water partition coefficient (Wildman–Crippen LogP) is 7.90. The maximum absolute atomic E-state index is 11.7. The summed E-state index contributed by atoms with van der Waals surface area (Å²) in [6.07, 6.45) is 5.81. The molecule has 0 amide bonds. The SMILES string of the molecule is COC.COC.COC.COC.COC.O=C1C(=O)c2cccc3cccc(c23)C1=O.O=C1OC(=O)C2=C1CCC2.O=C1OC(=O)C2=C1CCCC2.O=C1OC(=O)c2ccccc21.O=c1oc(=O)c2ccccc2c2ccccc12. The summed E-state index contributed by atoms with van der Waals surface area (Å²) in [5.74, 6) is -5.10. The lowest BCUT2D eigenvalue weighted by molar-refractivity contribution is -0.153. The average Bonchev–Trinajstić information content (AvgIpc) is 4.25. The Labute approximate surface area is 460 Å². The second kappa shape index (κ2) is 33.5. The molecule has 4 heterocycles. The Morgan fingerprint density at radius 1 is 0.300 bits per heavy atom. The van der Waals surface area contributed by atoms with Gasteiger partial charge in [0.1, 0.15) is 0 Å². The van der Waals surface area contributed by atoms with Gasteiger partial charge in [0.25, 0.3) is 5.78 Å². The molecule has 6 aliphatic rings. The lowest BCUT2D eigenvalue weighted by atomic mass is 9.86. The van der Waals surface area contributed by atoms with E-state index in [1.807, 2.05) is 36.4 Å². The van der Waals surface area contributed by atoms with Crippen molar-refractivity contribution < 1.29 is 85.5 Å². The molecule has 0 unspecified atom stereocenters. The van der Waals surface area contributed by atoms with Crippen LogP contribution in [0.1, 0.15) is 86.4 Å². The van der Waals surface area contributed by atoms with Crippen LogP contribution in [0.2, 0.25) is 0 Å². The molecule has 0 fully saturated rings. The molecule has 1 aromatic heterocycles. The van der Waals surface area contributed by atoms with E-state index in [0.29, 0.717) is 60.7 Å². The molecule has 80 heavy (non-hydrogen) atoms. The molecule has 20 heteroatoms. The maximum atomic E-state index is 11.7. The van der Waals surface area contributed by atoms with Crippen LogP contribution < -0.4 is 11.3 Å². The minimum atomic E-state index is -0.939. The zero-order chi connectivity index (χ0) is 59.5. The van der Waals surface area contributed by atoms with Crippen molar-refractivity contribution in [3.63, 3.8) is 0 Å². The molecule has 20 nitrogen and oxygen atoms in total. The molecule has 6 aromatic rings. The Bertz CT molecular complexity index is 3220. The van der Waals surface area contributed by atoms with Crippen LogP contribution in [0.15, 0.2) is 145 Å². The minimum Gasteiger partial charge on any atom is -0.388 e. The van der Waals surface area contributed by atoms with Crippen LogP contribution in [0.25, 0.3) is 32.3 Å². The van der Waals surface area contributed by atoms with Gasteiger partial charge in [-0.25, -0.2) is 38.4 Å². The van der Waals surface area contributed by atoms with Crippen molar-refractivity contribution in [2.45, 2.75) is 44.9 Å². The summed E-state index contributed by atoms with van der Waals surface area (Å²) in [7, 11) is 16.2. The molecule has 5 aromatic carbocycles. The number of ether oxygens (including phenoxy) is 8. The first-order chi connectivity index (χ1) is 38.4. The van der Waals surface area contributed by atoms with Crippen LogP contribution in [-0.4, -0.2) is 124 Å². The van der Waals surface area contributed by atoms with Crippen molar-refractivity contribution in [2.24, 2.45) is 0 Å². The Balaban J connectivity index is 0.000000250. The number of hydrogen-bond donors (Lipinski definition) is 0. The van der Waals surface area contributed by atoms with E-state index in [9.17, 15) is 52.7 Å². The number of methoxy groups -OCH3 is 5. The standard InChI is InChI=1S/C14H8O3.C13H6O3.C8H8O3.C8H4O3.C7H6O3.5C2H6O/c15-13-11-7-3-1-5-9(11)10-6-2-4-8-12(10)14(16)17-13;14-11-8-5-1-3-7-4-2-6-9(10(7)8)12(15)13(11)16;2*9-7-5-3-1-2-4-6(5)8(10)11-7;8-6-4-2-1-3-5(4)7(9)10-6;5*1-3-2/h1-8H;1-6H;1-4H2;1-4H;1-3H2;5*1-2H3. The number of ketones is 3. The van der Waals surface area contributed by atoms with Crippen molar-refractivity contribution in [2.75, 3.05) is 71.1 Å². The summed E-state index contributed by atoms with van der Waals surface area (Å²) < 4.78 is 39.2. The number of cyclic esters (lactones) is 6. The van der Waals surface area contributed by atoms with Crippen molar-refractivity contribution in [3.05, 3.63) is 175 Å². The van der Waals surface area contributed by atoms with Gasteiger partial charge in [-0.15, -0.1) is 0 Å². The van der Waals surface area contributed by atoms with Crippen LogP contribution in [-0.2, 0) is 61.9 Å². The molecule has 422 valence electrons. The molecule has 0 radical (unpaired) electrons. The van der Waals surface area contributed by atoms with Gasteiger partial charge in [-0.1, -0.05) is 84.9 Å². The highest BCUT2D eigenvalue weighted by molar-refractivity contribution is 6.73. The van der Waals surface area contributed by atoms with Crippen LogP contribution in [0.4, 0.5) is 0 Å². The van der Waals surface area contributed by atoms with Gasteiger partial charge >= 0.3 is 47.1 Å². The van der Waals surface area contributed by atoms with E-state index < -0.39 is 64.4 Å². The van der Waals surface area contributed by atoms with Gasteiger partial charge in [0.2, 0.25) is 11.6 Å². The molecule has 0 spiro atoms. The number of fused-ring (bicyclic) bond motifs is 4. The van der Waals surface area contributed by atoms with E-state index >= 15 is 0 Å². The van der Waals surface area contributed by atoms with E-state index in [1.165, 1.54) is 0 Å². The van der Waals surface area contributed by atoms with Gasteiger partial charge in [-0.2, -0.15) is 0 Å². The molecule has 0 saturated heterocycles. The third-order valence-electron chi connectivity index (χ3n) is 11.2. The molecule has 0 saturated carbocycles. The number of benzene rings is 5. The molecule has 0 atom stereocenters. The smallest absolute Gasteiger partial charge is 0.346 e. The molecular formula is C60H62O20. The highest BCUT2D eigenvalue weighted by Gasteiger charge is 2.36. The Morgan fingerprint density at radius 3 is 0.912 bits per heavy atom. The summed E-state index contributed by atoms with van der Waals surface area (Å²) >= 11 is 0. The highest BCUT2D eigenvalue weighted by atomic mass is 16.6. The Kier molecular flexibility index (Phi) is 27.4. The first-order valence-corrected chi connectivity index (χ1v) is 24.3. The third-order valence-corrected chi connectivity index (χ3v) is 11.2. The minimum absolute atomic E-state index is 0.331. The highest BCUT2D eigenvalue weighted by Crippen LogP contribution is 2.33. The summed E-state index contributed by atoms with van der Waals surface area (Å²) in [6, 6.07) is 30.9. The number of hydrogen-bond acceptors (Lipinski definition) is 20. The normalized spacial score (nSPS) is 14.6. The van der Waals surface area contributed by atoms with Gasteiger partial charge in [-0.3, -0.25) is 14.4 Å². The second-order valence-corrected chi connectivity index (χ2v) is 17.1. The average molecular weight is 1100 g/mol. The quantitative estimate of drug-likeness (QED) is 0.0605. The van der Waals surface area contributed by atoms with Gasteiger partial charge in [0.15, 0.2) is 0 Å². The number of esters is 6. The summed E-state index contributed by atoms with van der Waals surface area (Å²) in [6.45, 7) is 0. The van der Waals surface area contributed by atoms with Crippen LogP contribution in [0, 0.1) is 0 Å². The van der Waals surface area contributed by atoms with Gasteiger partial charge < -0.3 is 42.3 Å². The van der Waals surface area contributed by atoms with E-state index in [-0.39, 0.29) is 0 Å². The summed E-state index contributed by atoms with van der Waals surface area (Å²) in [5.41, 5.74) is 2.67. The first kappa shape index (κ1) is 65.5. The van der Waals surface area contributed by atoms with Crippen molar-refractivity contribution in [3.8, 4) is 0 Å². The zero-order valence-electron chi connectivity index (χ0n) is 46.0. The van der Waals surface area contributed by atoms with E-state index in [1.54, 1.807) is 144 Å². The second-order valence-electron chi connectivity index (χ2n) is 17.1. The first-order valence-electron chi connectivity index (χ1n) is 24.3. The number of carbonyl (C=O) groups is 9. The van der Waals surface area contributed by atoms with Crippen LogP contribution >= 0.6 is 0 Å². The topological polar surface area (TPSA) is 275 Å². The predicted molar refractivity (Wildman–Crippen MR) is 293 cm³/mol. The summed E-state index contributed by atoms with van der Waals surface area (Å²) in [4.78, 5) is 123. The lowest BCUT2D eigenvalue weighted by Crippen LogP contribution is -2.28. The van der Waals surface area contributed by atoms with Crippen LogP contribution in [0.3, 0.4) is 0 Å². The fraction of sp³-hybridized carbons (Fsp3) is 0.283. The molecular weight excluding hydrogens is 1040 g/mol. The number of Topliss-reactive ketones (excluding diaryl/α,β-unsaturated/α-hetero) is 3. The van der Waals surface area contributed by atoms with Crippen LogP contribution in [0.5, 0.6) is 0 Å². The molecule has 3 aliphatic heterocycles. The number of carbonyl (C=O) groups excluding carboxylic acids is 9. The Hall–Kier alpha value is -8.79. The van der Waals surface area contributed by atoms with E-state index in [4.69, 9.17) is 4.42 Å². The van der Waals surface area contributed by atoms with E-state index in [2.05, 4.69) is 37.9 Å². The maximum Gasteiger partial charge on any atom is 0.346 e. The van der Waals surface area contributed by atoms with Crippen molar-refractivity contribution in [1.82, 2.24) is 0 Å². The lowest BCUT2D eigenvalue weighted by Gasteiger charge is -2.13. The third kappa shape index (κ3) is 17.1. The van der Waals surface area contributed by atoms with Gasteiger partial charge in [0.05, 0.1) is 21.9 Å². The van der Waals surface area contributed by atoms with Gasteiger partial charge in [-0.05, 0) is 85.4 Å². The molecule has 0 N–H and O–H groups in total. The van der Waals surface area contributed by atoms with Crippen molar-refractivity contribution in [1.29, 1.82) is 0 Å². The fourth-order valence-electron chi connectivity index (χ4n) is 8.05. The van der Waals surface area contributed by atoms with Crippen molar-refractivity contribution >= 4 is 85.5 Å².